The SMILES string of the molecule is Cc1ccc(NC(=O)[C@@H](C)OC(=O)c2cc3c(cc2[N+](=O)[O-])OCCO3)cc1. The molecule has 0 bridgehead atoms. The van der Waals surface area contributed by atoms with Crippen LogP contribution in [0.5, 0.6) is 11.5 Å². The summed E-state index contributed by atoms with van der Waals surface area (Å²) in [6.07, 6.45) is -1.17. The molecule has 146 valence electrons. The summed E-state index contributed by atoms with van der Waals surface area (Å²) in [5.74, 6) is -1.17. The summed E-state index contributed by atoms with van der Waals surface area (Å²) < 4.78 is 15.8. The maximum atomic E-state index is 12.5. The van der Waals surface area contributed by atoms with Gasteiger partial charge in [0.05, 0.1) is 11.0 Å². The van der Waals surface area contributed by atoms with Gasteiger partial charge in [0.1, 0.15) is 18.8 Å². The number of hydrogen-bond acceptors (Lipinski definition) is 7. The molecule has 0 fully saturated rings. The van der Waals surface area contributed by atoms with Crippen molar-refractivity contribution in [2.45, 2.75) is 20.0 Å². The first kappa shape index (κ1) is 19.2. The van der Waals surface area contributed by atoms with Crippen LogP contribution in [-0.4, -0.2) is 36.1 Å². The number of fused-ring (bicyclic) bond motifs is 1. The molecule has 28 heavy (non-hydrogen) atoms. The second-order valence-corrected chi connectivity index (χ2v) is 6.17. The van der Waals surface area contributed by atoms with E-state index in [1.165, 1.54) is 13.0 Å². The molecule has 2 aromatic rings. The van der Waals surface area contributed by atoms with E-state index in [2.05, 4.69) is 5.32 Å². The molecular formula is C19H18N2O7. The Kier molecular flexibility index (Phi) is 5.44. The minimum absolute atomic E-state index is 0.180. The smallest absolute Gasteiger partial charge is 0.346 e. The van der Waals surface area contributed by atoms with Crippen LogP contribution in [0.2, 0.25) is 0 Å². The van der Waals surface area contributed by atoms with Crippen molar-refractivity contribution in [2.75, 3.05) is 18.5 Å². The van der Waals surface area contributed by atoms with Crippen LogP contribution in [0.3, 0.4) is 0 Å². The largest absolute Gasteiger partial charge is 0.486 e. The molecule has 1 aliphatic heterocycles. The van der Waals surface area contributed by atoms with Crippen LogP contribution in [0, 0.1) is 17.0 Å². The number of nitrogens with one attached hydrogen (secondary N) is 1. The predicted octanol–water partition coefficient (Wildman–Crippen LogP) is 2.86. The molecular weight excluding hydrogens is 368 g/mol. The van der Waals surface area contributed by atoms with E-state index in [-0.39, 0.29) is 30.3 Å². The summed E-state index contributed by atoms with van der Waals surface area (Å²) in [6, 6.07) is 9.39. The van der Waals surface area contributed by atoms with Gasteiger partial charge in [-0.3, -0.25) is 14.9 Å². The summed E-state index contributed by atoms with van der Waals surface area (Å²) in [5, 5.41) is 13.9. The molecule has 9 heteroatoms. The lowest BCUT2D eigenvalue weighted by Gasteiger charge is -2.19. The second kappa shape index (κ2) is 7.95. The van der Waals surface area contributed by atoms with Crippen LogP contribution in [0.15, 0.2) is 36.4 Å². The lowest BCUT2D eigenvalue weighted by molar-refractivity contribution is -0.385. The predicted molar refractivity (Wildman–Crippen MR) is 98.8 cm³/mol. The van der Waals surface area contributed by atoms with Gasteiger partial charge in [0.15, 0.2) is 17.6 Å². The number of aryl methyl sites for hydroxylation is 1. The summed E-state index contributed by atoms with van der Waals surface area (Å²) in [6.45, 7) is 3.81. The van der Waals surface area contributed by atoms with E-state index >= 15 is 0 Å². The van der Waals surface area contributed by atoms with Crippen molar-refractivity contribution in [2.24, 2.45) is 0 Å². The fourth-order valence-corrected chi connectivity index (χ4v) is 2.55. The minimum Gasteiger partial charge on any atom is -0.486 e. The summed E-state index contributed by atoms with van der Waals surface area (Å²) in [4.78, 5) is 35.3. The number of nitro benzene ring substituents is 1. The van der Waals surface area contributed by atoms with Crippen molar-refractivity contribution in [1.29, 1.82) is 0 Å². The molecule has 1 N–H and O–H groups in total. The van der Waals surface area contributed by atoms with E-state index in [4.69, 9.17) is 14.2 Å². The zero-order valence-corrected chi connectivity index (χ0v) is 15.3. The topological polar surface area (TPSA) is 117 Å². The zero-order valence-electron chi connectivity index (χ0n) is 15.3. The van der Waals surface area contributed by atoms with E-state index in [9.17, 15) is 19.7 Å². The fraction of sp³-hybridized carbons (Fsp3) is 0.263. The first-order valence-electron chi connectivity index (χ1n) is 8.51. The molecule has 3 rings (SSSR count). The summed E-state index contributed by atoms with van der Waals surface area (Å²) in [5.41, 5.74) is 0.775. The first-order valence-corrected chi connectivity index (χ1v) is 8.51. The van der Waals surface area contributed by atoms with Crippen molar-refractivity contribution in [3.63, 3.8) is 0 Å². The van der Waals surface area contributed by atoms with Gasteiger partial charge >= 0.3 is 5.97 Å². The highest BCUT2D eigenvalue weighted by Crippen LogP contribution is 2.37. The highest BCUT2D eigenvalue weighted by molar-refractivity contribution is 5.99. The number of carbonyl (C=O) groups excluding carboxylic acids is 2. The maximum absolute atomic E-state index is 12.5. The number of hydrogen-bond donors (Lipinski definition) is 1. The Labute approximate surface area is 160 Å². The number of amides is 1. The Morgan fingerprint density at radius 3 is 2.36 bits per heavy atom. The fourth-order valence-electron chi connectivity index (χ4n) is 2.55. The van der Waals surface area contributed by atoms with Crippen LogP contribution in [0.1, 0.15) is 22.8 Å². The monoisotopic (exact) mass is 386 g/mol. The van der Waals surface area contributed by atoms with Crippen LogP contribution in [-0.2, 0) is 9.53 Å². The van der Waals surface area contributed by atoms with Crippen LogP contribution in [0.25, 0.3) is 0 Å². The lowest BCUT2D eigenvalue weighted by Crippen LogP contribution is -2.30. The number of carbonyl (C=O) groups is 2. The van der Waals surface area contributed by atoms with Gasteiger partial charge in [-0.1, -0.05) is 17.7 Å². The van der Waals surface area contributed by atoms with Gasteiger partial charge in [-0.05, 0) is 26.0 Å². The first-order chi connectivity index (χ1) is 13.3. The number of esters is 1. The number of nitro groups is 1. The maximum Gasteiger partial charge on any atom is 0.346 e. The number of nitrogens with zero attached hydrogens (tertiary/aromatic N) is 1. The Balaban J connectivity index is 1.75. The lowest BCUT2D eigenvalue weighted by atomic mass is 10.1. The van der Waals surface area contributed by atoms with Crippen molar-refractivity contribution in [3.05, 3.63) is 57.6 Å². The van der Waals surface area contributed by atoms with Gasteiger partial charge < -0.3 is 19.5 Å². The molecule has 0 unspecified atom stereocenters. The second-order valence-electron chi connectivity index (χ2n) is 6.17. The number of ether oxygens (including phenoxy) is 3. The molecule has 1 atom stereocenters. The zero-order chi connectivity index (χ0) is 20.3. The Morgan fingerprint density at radius 1 is 1.14 bits per heavy atom. The Bertz CT molecular complexity index is 925. The van der Waals surface area contributed by atoms with Gasteiger partial charge in [-0.15, -0.1) is 0 Å². The van der Waals surface area contributed by atoms with Gasteiger partial charge in [0.2, 0.25) is 0 Å². The van der Waals surface area contributed by atoms with Gasteiger partial charge in [-0.2, -0.15) is 0 Å². The van der Waals surface area contributed by atoms with Crippen molar-refractivity contribution < 1.29 is 28.7 Å². The average Bonchev–Trinajstić information content (AvgIpc) is 2.68. The molecule has 0 aliphatic carbocycles. The molecule has 0 aromatic heterocycles. The van der Waals surface area contributed by atoms with Crippen LogP contribution in [0.4, 0.5) is 11.4 Å². The van der Waals surface area contributed by atoms with E-state index in [0.29, 0.717) is 5.69 Å². The Hall–Kier alpha value is -3.62. The van der Waals surface area contributed by atoms with E-state index in [1.807, 2.05) is 19.1 Å². The van der Waals surface area contributed by atoms with E-state index < -0.39 is 28.6 Å². The minimum atomic E-state index is -1.17. The molecule has 1 heterocycles. The average molecular weight is 386 g/mol. The van der Waals surface area contributed by atoms with Crippen LogP contribution >= 0.6 is 0 Å². The molecule has 0 saturated heterocycles. The summed E-state index contributed by atoms with van der Waals surface area (Å²) >= 11 is 0. The number of benzene rings is 2. The standard InChI is InChI=1S/C19H18N2O7/c1-11-3-5-13(6-4-11)20-18(22)12(2)28-19(23)14-9-16-17(27-8-7-26-16)10-15(14)21(24)25/h3-6,9-10,12H,7-8H2,1-2H3,(H,20,22)/t12-/m1/s1. The third kappa shape index (κ3) is 4.20. The van der Waals surface area contributed by atoms with Crippen molar-refractivity contribution in [1.82, 2.24) is 0 Å². The van der Waals surface area contributed by atoms with Crippen molar-refractivity contribution in [3.8, 4) is 11.5 Å². The number of rotatable bonds is 5. The third-order valence-electron chi connectivity index (χ3n) is 4.05. The quantitative estimate of drug-likeness (QED) is 0.477. The van der Waals surface area contributed by atoms with Crippen molar-refractivity contribution >= 4 is 23.3 Å². The molecule has 1 aliphatic rings. The van der Waals surface area contributed by atoms with Crippen LogP contribution < -0.4 is 14.8 Å². The molecule has 0 saturated carbocycles. The highest BCUT2D eigenvalue weighted by Gasteiger charge is 2.29. The van der Waals surface area contributed by atoms with Gasteiger partial charge in [0.25, 0.3) is 11.6 Å². The molecule has 9 nitrogen and oxygen atoms in total. The third-order valence-corrected chi connectivity index (χ3v) is 4.05. The number of anilines is 1. The molecule has 2 aromatic carbocycles. The highest BCUT2D eigenvalue weighted by atomic mass is 16.6. The Morgan fingerprint density at radius 2 is 1.75 bits per heavy atom. The van der Waals surface area contributed by atoms with Gasteiger partial charge in [0, 0.05) is 11.8 Å². The van der Waals surface area contributed by atoms with E-state index in [1.54, 1.807) is 12.1 Å². The van der Waals surface area contributed by atoms with E-state index in [0.717, 1.165) is 11.6 Å². The molecule has 1 amide bonds. The normalized spacial score (nSPS) is 13.4. The molecule has 0 spiro atoms. The summed E-state index contributed by atoms with van der Waals surface area (Å²) in [7, 11) is 0. The molecule has 0 radical (unpaired) electrons. The van der Waals surface area contributed by atoms with Gasteiger partial charge in [-0.25, -0.2) is 4.79 Å².